The Bertz CT molecular complexity index is 299. The lowest BCUT2D eigenvalue weighted by atomic mass is 10.3. The Hall–Kier alpha value is -0.800. The molecule has 2 N–H and O–H groups in total. The number of thioether (sulfide) groups is 1. The average molecular weight is 197 g/mol. The van der Waals surface area contributed by atoms with Crippen LogP contribution in [-0.4, -0.2) is 12.3 Å². The van der Waals surface area contributed by atoms with E-state index in [-0.39, 0.29) is 5.82 Å². The zero-order valence-corrected chi connectivity index (χ0v) is 8.11. The zero-order chi connectivity index (χ0) is 9.68. The fourth-order valence-electron chi connectivity index (χ4n) is 0.801. The molecule has 0 aliphatic heterocycles. The van der Waals surface area contributed by atoms with Crippen LogP contribution in [0.25, 0.3) is 0 Å². The molecule has 0 heterocycles. The predicted molar refractivity (Wildman–Crippen MR) is 55.3 cm³/mol. The van der Waals surface area contributed by atoms with Gasteiger partial charge in [-0.25, -0.2) is 4.39 Å². The van der Waals surface area contributed by atoms with Crippen LogP contribution in [0, 0.1) is 5.82 Å². The minimum Gasteiger partial charge on any atom is -0.327 e. The molecule has 0 unspecified atom stereocenters. The van der Waals surface area contributed by atoms with Crippen LogP contribution in [0.1, 0.15) is 0 Å². The maximum absolute atomic E-state index is 13.1. The minimum absolute atomic E-state index is 0.183. The Kier molecular flexibility index (Phi) is 3.99. The molecule has 0 aromatic heterocycles. The Morgan fingerprint density at radius 1 is 1.46 bits per heavy atom. The predicted octanol–water partition coefficient (Wildman–Crippen LogP) is 2.43. The quantitative estimate of drug-likeness (QED) is 0.592. The molecule has 0 atom stereocenters. The molecular weight excluding hydrogens is 185 g/mol. The molecule has 0 amide bonds. The second-order valence-electron chi connectivity index (χ2n) is 2.67. The second-order valence-corrected chi connectivity index (χ2v) is 3.69. The molecule has 1 rings (SSSR count). The highest BCUT2D eigenvalue weighted by atomic mass is 32.2. The fourth-order valence-corrected chi connectivity index (χ4v) is 1.66. The van der Waals surface area contributed by atoms with Gasteiger partial charge in [-0.2, -0.15) is 0 Å². The molecule has 0 aliphatic carbocycles. The summed E-state index contributed by atoms with van der Waals surface area (Å²) in [5.74, 6) is 0.495. The zero-order valence-electron chi connectivity index (χ0n) is 7.29. The van der Waals surface area contributed by atoms with Crippen molar-refractivity contribution in [3.8, 4) is 0 Å². The fraction of sp³-hybridized carbons (Fsp3) is 0.200. The first-order chi connectivity index (χ1) is 6.24. The van der Waals surface area contributed by atoms with Crippen molar-refractivity contribution in [2.45, 2.75) is 4.90 Å². The van der Waals surface area contributed by atoms with E-state index in [2.05, 4.69) is 6.58 Å². The number of benzene rings is 1. The van der Waals surface area contributed by atoms with Gasteiger partial charge < -0.3 is 5.73 Å². The molecule has 13 heavy (non-hydrogen) atoms. The summed E-state index contributed by atoms with van der Waals surface area (Å²) >= 11 is 1.43. The Labute approximate surface area is 81.8 Å². The van der Waals surface area contributed by atoms with Crippen LogP contribution >= 0.6 is 11.8 Å². The molecule has 1 aromatic rings. The number of nitrogens with two attached hydrogens (primary N) is 1. The van der Waals surface area contributed by atoms with Crippen LogP contribution in [0.5, 0.6) is 0 Å². The Morgan fingerprint density at radius 3 is 2.77 bits per heavy atom. The van der Waals surface area contributed by atoms with Gasteiger partial charge in [0.1, 0.15) is 5.82 Å². The van der Waals surface area contributed by atoms with E-state index < -0.39 is 0 Å². The maximum atomic E-state index is 13.1. The monoisotopic (exact) mass is 197 g/mol. The molecule has 0 aliphatic rings. The van der Waals surface area contributed by atoms with Crippen molar-refractivity contribution < 1.29 is 4.39 Å². The second kappa shape index (κ2) is 5.04. The van der Waals surface area contributed by atoms with Gasteiger partial charge in [-0.15, -0.1) is 11.8 Å². The van der Waals surface area contributed by atoms with Crippen molar-refractivity contribution in [2.24, 2.45) is 5.73 Å². The largest absolute Gasteiger partial charge is 0.327 e. The summed E-state index contributed by atoms with van der Waals surface area (Å²) in [4.78, 5) is 0.650. The van der Waals surface area contributed by atoms with Crippen LogP contribution in [0.4, 0.5) is 4.39 Å². The highest BCUT2D eigenvalue weighted by Gasteiger charge is 2.00. The normalized spacial score (nSPS) is 10.0. The third-order valence-electron chi connectivity index (χ3n) is 1.56. The highest BCUT2D eigenvalue weighted by Crippen LogP contribution is 2.22. The number of rotatable bonds is 4. The van der Waals surface area contributed by atoms with E-state index in [0.29, 0.717) is 17.2 Å². The molecular formula is C10H12FNS. The van der Waals surface area contributed by atoms with E-state index in [9.17, 15) is 4.39 Å². The van der Waals surface area contributed by atoms with Crippen molar-refractivity contribution in [1.82, 2.24) is 0 Å². The van der Waals surface area contributed by atoms with Crippen molar-refractivity contribution in [1.29, 1.82) is 0 Å². The summed E-state index contributed by atoms with van der Waals surface area (Å²) in [5.41, 5.74) is 6.29. The van der Waals surface area contributed by atoms with Crippen LogP contribution in [0.3, 0.4) is 0 Å². The molecule has 0 saturated heterocycles. The van der Waals surface area contributed by atoms with Crippen molar-refractivity contribution in [3.05, 3.63) is 42.2 Å². The molecule has 3 heteroatoms. The summed E-state index contributed by atoms with van der Waals surface area (Å²) in [6, 6.07) is 6.70. The van der Waals surface area contributed by atoms with Crippen LogP contribution in [-0.2, 0) is 0 Å². The SMILES string of the molecule is C=C(CN)CSc1ccccc1F. The number of hydrogen-bond donors (Lipinski definition) is 1. The third-order valence-corrected chi connectivity index (χ3v) is 2.75. The van der Waals surface area contributed by atoms with Crippen LogP contribution < -0.4 is 5.73 Å². The first kappa shape index (κ1) is 10.3. The Balaban J connectivity index is 2.54. The van der Waals surface area contributed by atoms with Crippen LogP contribution in [0.2, 0.25) is 0 Å². The summed E-state index contributed by atoms with van der Waals surface area (Å²) < 4.78 is 13.1. The molecule has 0 radical (unpaired) electrons. The standard InChI is InChI=1S/C10H12FNS/c1-8(6-12)7-13-10-5-3-2-4-9(10)11/h2-5H,1,6-7,12H2. The van der Waals surface area contributed by atoms with E-state index in [1.165, 1.54) is 17.8 Å². The van der Waals surface area contributed by atoms with Crippen molar-refractivity contribution >= 4 is 11.8 Å². The molecule has 1 nitrogen and oxygen atoms in total. The summed E-state index contributed by atoms with van der Waals surface area (Å²) in [6.07, 6.45) is 0. The first-order valence-corrected chi connectivity index (χ1v) is 4.96. The maximum Gasteiger partial charge on any atom is 0.136 e. The van der Waals surface area contributed by atoms with E-state index in [1.54, 1.807) is 12.1 Å². The Morgan fingerprint density at radius 2 is 2.15 bits per heavy atom. The topological polar surface area (TPSA) is 26.0 Å². The molecule has 1 aromatic carbocycles. The van der Waals surface area contributed by atoms with E-state index in [4.69, 9.17) is 5.73 Å². The number of halogens is 1. The van der Waals surface area contributed by atoms with Gasteiger partial charge in [0, 0.05) is 17.2 Å². The van der Waals surface area contributed by atoms with Gasteiger partial charge in [-0.1, -0.05) is 24.3 Å². The lowest BCUT2D eigenvalue weighted by Crippen LogP contribution is -2.03. The van der Waals surface area contributed by atoms with E-state index in [0.717, 1.165) is 5.57 Å². The van der Waals surface area contributed by atoms with Crippen LogP contribution in [0.15, 0.2) is 41.3 Å². The van der Waals surface area contributed by atoms with Gasteiger partial charge in [-0.05, 0) is 12.1 Å². The third kappa shape index (κ3) is 3.20. The molecule has 0 spiro atoms. The number of hydrogen-bond acceptors (Lipinski definition) is 2. The molecule has 70 valence electrons. The van der Waals surface area contributed by atoms with Gasteiger partial charge in [0.25, 0.3) is 0 Å². The average Bonchev–Trinajstić information content (AvgIpc) is 2.16. The van der Waals surface area contributed by atoms with E-state index >= 15 is 0 Å². The summed E-state index contributed by atoms with van der Waals surface area (Å²) in [7, 11) is 0. The van der Waals surface area contributed by atoms with Gasteiger partial charge in [0.2, 0.25) is 0 Å². The summed E-state index contributed by atoms with van der Waals surface area (Å²) in [6.45, 7) is 4.21. The smallest absolute Gasteiger partial charge is 0.136 e. The van der Waals surface area contributed by atoms with Gasteiger partial charge >= 0.3 is 0 Å². The molecule has 0 fully saturated rings. The highest BCUT2D eigenvalue weighted by molar-refractivity contribution is 7.99. The minimum atomic E-state index is -0.183. The molecule has 0 saturated carbocycles. The van der Waals surface area contributed by atoms with Gasteiger partial charge in [-0.3, -0.25) is 0 Å². The first-order valence-electron chi connectivity index (χ1n) is 3.98. The van der Waals surface area contributed by atoms with Gasteiger partial charge in [0.15, 0.2) is 0 Å². The lowest BCUT2D eigenvalue weighted by molar-refractivity contribution is 0.602. The van der Waals surface area contributed by atoms with E-state index in [1.807, 2.05) is 6.07 Å². The van der Waals surface area contributed by atoms with Crippen molar-refractivity contribution in [3.63, 3.8) is 0 Å². The molecule has 0 bridgehead atoms. The lowest BCUT2D eigenvalue weighted by Gasteiger charge is -2.03. The summed E-state index contributed by atoms with van der Waals surface area (Å²) in [5, 5.41) is 0. The van der Waals surface area contributed by atoms with Gasteiger partial charge in [0.05, 0.1) is 0 Å². The van der Waals surface area contributed by atoms with Crippen molar-refractivity contribution in [2.75, 3.05) is 12.3 Å².